The van der Waals surface area contributed by atoms with Crippen LogP contribution in [0.5, 0.6) is 0 Å². The number of hydrogen-bond donors (Lipinski definition) is 2. The standard InChI is InChI=1S/C17H22ClN5O/c1-2-19-17(21-14-8-3-4-9-14)20-11-15-22-16(23-24-15)12-6-5-7-13(18)10-12/h5-7,10,14H,2-4,8-9,11H2,1H3,(H2,19,20,21). The van der Waals surface area contributed by atoms with Crippen LogP contribution in [0.2, 0.25) is 5.02 Å². The maximum absolute atomic E-state index is 6.00. The number of hydrogen-bond acceptors (Lipinski definition) is 4. The molecule has 7 heteroatoms. The van der Waals surface area contributed by atoms with E-state index in [0.29, 0.717) is 29.3 Å². The van der Waals surface area contributed by atoms with Crippen LogP contribution in [0, 0.1) is 0 Å². The number of benzene rings is 1. The molecule has 0 aliphatic heterocycles. The Balaban J connectivity index is 1.65. The van der Waals surface area contributed by atoms with Gasteiger partial charge in [-0.2, -0.15) is 4.98 Å². The molecular weight excluding hydrogens is 326 g/mol. The van der Waals surface area contributed by atoms with Crippen LogP contribution in [0.4, 0.5) is 0 Å². The lowest BCUT2D eigenvalue weighted by molar-refractivity contribution is 0.380. The van der Waals surface area contributed by atoms with Gasteiger partial charge in [-0.25, -0.2) is 4.99 Å². The van der Waals surface area contributed by atoms with Crippen molar-refractivity contribution in [3.8, 4) is 11.4 Å². The van der Waals surface area contributed by atoms with Crippen LogP contribution < -0.4 is 10.6 Å². The Morgan fingerprint density at radius 2 is 2.21 bits per heavy atom. The molecule has 1 heterocycles. The first kappa shape index (κ1) is 16.8. The first-order chi connectivity index (χ1) is 11.7. The van der Waals surface area contributed by atoms with Gasteiger partial charge in [-0.15, -0.1) is 0 Å². The molecule has 6 nitrogen and oxygen atoms in total. The third kappa shape index (κ3) is 4.47. The van der Waals surface area contributed by atoms with E-state index in [9.17, 15) is 0 Å². The van der Waals surface area contributed by atoms with E-state index in [0.717, 1.165) is 18.1 Å². The van der Waals surface area contributed by atoms with Gasteiger partial charge in [0.05, 0.1) is 0 Å². The lowest BCUT2D eigenvalue weighted by Crippen LogP contribution is -2.42. The highest BCUT2D eigenvalue weighted by molar-refractivity contribution is 6.30. The summed E-state index contributed by atoms with van der Waals surface area (Å²) in [5, 5.41) is 11.4. The van der Waals surface area contributed by atoms with Gasteiger partial charge in [0, 0.05) is 23.2 Å². The van der Waals surface area contributed by atoms with Crippen LogP contribution >= 0.6 is 11.6 Å². The lowest BCUT2D eigenvalue weighted by Gasteiger charge is -2.16. The van der Waals surface area contributed by atoms with Crippen molar-refractivity contribution < 1.29 is 4.52 Å². The number of rotatable bonds is 5. The average Bonchev–Trinajstić information content (AvgIpc) is 3.24. The topological polar surface area (TPSA) is 75.3 Å². The largest absolute Gasteiger partial charge is 0.357 e. The average molecular weight is 348 g/mol. The molecular formula is C17H22ClN5O. The van der Waals surface area contributed by atoms with Crippen LogP contribution in [-0.2, 0) is 6.54 Å². The van der Waals surface area contributed by atoms with Gasteiger partial charge >= 0.3 is 0 Å². The summed E-state index contributed by atoms with van der Waals surface area (Å²) in [4.78, 5) is 8.93. The molecule has 0 atom stereocenters. The van der Waals surface area contributed by atoms with E-state index in [1.165, 1.54) is 25.7 Å². The molecule has 0 unspecified atom stereocenters. The first-order valence-corrected chi connectivity index (χ1v) is 8.76. The van der Waals surface area contributed by atoms with Gasteiger partial charge in [-0.3, -0.25) is 0 Å². The highest BCUT2D eigenvalue weighted by Crippen LogP contribution is 2.20. The molecule has 1 aromatic heterocycles. The number of nitrogens with one attached hydrogen (secondary N) is 2. The fourth-order valence-electron chi connectivity index (χ4n) is 2.79. The van der Waals surface area contributed by atoms with E-state index < -0.39 is 0 Å². The Kier molecular flexibility index (Phi) is 5.69. The van der Waals surface area contributed by atoms with Crippen LogP contribution in [0.25, 0.3) is 11.4 Å². The number of nitrogens with zero attached hydrogens (tertiary/aromatic N) is 3. The first-order valence-electron chi connectivity index (χ1n) is 8.38. The zero-order valence-electron chi connectivity index (χ0n) is 13.8. The SMILES string of the molecule is CCNC(=NCc1nc(-c2cccc(Cl)c2)no1)NC1CCCC1. The van der Waals surface area contributed by atoms with Crippen LogP contribution in [0.1, 0.15) is 38.5 Å². The number of guanidine groups is 1. The molecule has 0 bridgehead atoms. The third-order valence-electron chi connectivity index (χ3n) is 3.96. The minimum Gasteiger partial charge on any atom is -0.357 e. The smallest absolute Gasteiger partial charge is 0.248 e. The molecule has 1 saturated carbocycles. The Bertz CT molecular complexity index is 694. The highest BCUT2D eigenvalue weighted by atomic mass is 35.5. The van der Waals surface area contributed by atoms with Crippen molar-refractivity contribution in [1.29, 1.82) is 0 Å². The van der Waals surface area contributed by atoms with Crippen LogP contribution in [-0.4, -0.2) is 28.7 Å². The van der Waals surface area contributed by atoms with Crippen LogP contribution in [0.15, 0.2) is 33.8 Å². The molecule has 128 valence electrons. The molecule has 0 saturated heterocycles. The van der Waals surface area contributed by atoms with Crippen molar-refractivity contribution in [3.63, 3.8) is 0 Å². The van der Waals surface area contributed by atoms with Crippen molar-refractivity contribution >= 4 is 17.6 Å². The summed E-state index contributed by atoms with van der Waals surface area (Å²) < 4.78 is 5.29. The summed E-state index contributed by atoms with van der Waals surface area (Å²) in [5.74, 6) is 1.80. The monoisotopic (exact) mass is 347 g/mol. The van der Waals surface area contributed by atoms with E-state index >= 15 is 0 Å². The summed E-state index contributed by atoms with van der Waals surface area (Å²) in [5.41, 5.74) is 0.831. The summed E-state index contributed by atoms with van der Waals surface area (Å²) >= 11 is 6.00. The van der Waals surface area contributed by atoms with Gasteiger partial charge in [0.15, 0.2) is 5.96 Å². The maximum Gasteiger partial charge on any atom is 0.248 e. The number of aromatic nitrogens is 2. The predicted molar refractivity (Wildman–Crippen MR) is 95.0 cm³/mol. The van der Waals surface area contributed by atoms with E-state index in [2.05, 4.69) is 32.7 Å². The summed E-state index contributed by atoms with van der Waals surface area (Å²) in [6, 6.07) is 7.89. The van der Waals surface area contributed by atoms with Crippen molar-refractivity contribution in [2.45, 2.75) is 45.2 Å². The van der Waals surface area contributed by atoms with Gasteiger partial charge in [-0.1, -0.05) is 41.7 Å². The molecule has 3 rings (SSSR count). The Morgan fingerprint density at radius 3 is 2.96 bits per heavy atom. The molecule has 1 aliphatic carbocycles. The Hall–Kier alpha value is -2.08. The van der Waals surface area contributed by atoms with Gasteiger partial charge in [-0.05, 0) is 31.9 Å². The van der Waals surface area contributed by atoms with Crippen LogP contribution in [0.3, 0.4) is 0 Å². The zero-order chi connectivity index (χ0) is 16.8. The van der Waals surface area contributed by atoms with Crippen molar-refractivity contribution in [2.24, 2.45) is 4.99 Å². The molecule has 2 N–H and O–H groups in total. The second-order valence-electron chi connectivity index (χ2n) is 5.84. The minimum atomic E-state index is 0.343. The molecule has 1 fully saturated rings. The lowest BCUT2D eigenvalue weighted by atomic mass is 10.2. The summed E-state index contributed by atoms with van der Waals surface area (Å²) in [6.45, 7) is 3.21. The van der Waals surface area contributed by atoms with Gasteiger partial charge in [0.1, 0.15) is 6.54 Å². The Labute approximate surface area is 146 Å². The molecule has 0 amide bonds. The molecule has 1 aromatic carbocycles. The molecule has 2 aromatic rings. The minimum absolute atomic E-state index is 0.343. The molecule has 24 heavy (non-hydrogen) atoms. The third-order valence-corrected chi connectivity index (χ3v) is 4.20. The second kappa shape index (κ2) is 8.15. The van der Waals surface area contributed by atoms with E-state index in [1.807, 2.05) is 24.3 Å². The van der Waals surface area contributed by atoms with E-state index in [-0.39, 0.29) is 0 Å². The fourth-order valence-corrected chi connectivity index (χ4v) is 2.98. The summed E-state index contributed by atoms with van der Waals surface area (Å²) in [7, 11) is 0. The van der Waals surface area contributed by atoms with Crippen molar-refractivity contribution in [3.05, 3.63) is 35.2 Å². The van der Waals surface area contributed by atoms with Crippen molar-refractivity contribution in [1.82, 2.24) is 20.8 Å². The summed E-state index contributed by atoms with van der Waals surface area (Å²) in [6.07, 6.45) is 4.96. The predicted octanol–water partition coefficient (Wildman–Crippen LogP) is 3.39. The van der Waals surface area contributed by atoms with E-state index in [1.54, 1.807) is 0 Å². The van der Waals surface area contributed by atoms with Gasteiger partial charge in [0.2, 0.25) is 11.7 Å². The van der Waals surface area contributed by atoms with Gasteiger partial charge in [0.25, 0.3) is 0 Å². The normalized spacial score (nSPS) is 15.7. The highest BCUT2D eigenvalue weighted by Gasteiger charge is 2.16. The second-order valence-corrected chi connectivity index (χ2v) is 6.28. The fraction of sp³-hybridized carbons (Fsp3) is 0.471. The van der Waals surface area contributed by atoms with Crippen molar-refractivity contribution in [2.75, 3.05) is 6.54 Å². The quantitative estimate of drug-likeness (QED) is 0.640. The zero-order valence-corrected chi connectivity index (χ0v) is 14.5. The molecule has 0 spiro atoms. The molecule has 0 radical (unpaired) electrons. The van der Waals surface area contributed by atoms with E-state index in [4.69, 9.17) is 16.1 Å². The maximum atomic E-state index is 6.00. The van der Waals surface area contributed by atoms with Gasteiger partial charge < -0.3 is 15.2 Å². The number of aliphatic imine (C=N–C) groups is 1. The number of halogens is 1. The Morgan fingerprint density at radius 1 is 1.38 bits per heavy atom. The molecule has 1 aliphatic rings.